The Labute approximate surface area is 112 Å². The first-order valence-corrected chi connectivity index (χ1v) is 6.70. The van der Waals surface area contributed by atoms with Crippen LogP contribution >= 0.6 is 0 Å². The van der Waals surface area contributed by atoms with E-state index >= 15 is 0 Å². The van der Waals surface area contributed by atoms with E-state index in [0.29, 0.717) is 45.7 Å². The highest BCUT2D eigenvalue weighted by atomic mass is 16.5. The third kappa shape index (κ3) is 3.57. The summed E-state index contributed by atoms with van der Waals surface area (Å²) in [6, 6.07) is -0.186. The molecule has 2 rings (SSSR count). The molecule has 2 amide bonds. The van der Waals surface area contributed by atoms with Crippen LogP contribution in [0.25, 0.3) is 0 Å². The van der Waals surface area contributed by atoms with Gasteiger partial charge < -0.3 is 14.7 Å². The lowest BCUT2D eigenvalue weighted by Crippen LogP contribution is -2.56. The molecule has 0 aliphatic carbocycles. The van der Waals surface area contributed by atoms with Crippen molar-refractivity contribution >= 4 is 12.0 Å². The largest absolute Gasteiger partial charge is 0.481 e. The molecule has 2 unspecified atom stereocenters. The summed E-state index contributed by atoms with van der Waals surface area (Å²) in [4.78, 5) is 24.8. The van der Waals surface area contributed by atoms with E-state index in [9.17, 15) is 9.59 Å². The van der Waals surface area contributed by atoms with Crippen molar-refractivity contribution in [3.8, 4) is 0 Å². The van der Waals surface area contributed by atoms with Gasteiger partial charge in [0.05, 0.1) is 19.1 Å². The number of morpholine rings is 1. The van der Waals surface area contributed by atoms with Crippen LogP contribution in [0.2, 0.25) is 0 Å². The number of urea groups is 1. The third-order valence-corrected chi connectivity index (χ3v) is 3.75. The lowest BCUT2D eigenvalue weighted by atomic mass is 9.92. The maximum atomic E-state index is 12.1. The quantitative estimate of drug-likeness (QED) is 0.746. The first kappa shape index (κ1) is 14.1. The van der Waals surface area contributed by atoms with Gasteiger partial charge >= 0.3 is 12.0 Å². The highest BCUT2D eigenvalue weighted by Gasteiger charge is 2.32. The molecule has 108 valence electrons. The van der Waals surface area contributed by atoms with Crippen molar-refractivity contribution in [3.63, 3.8) is 0 Å². The normalized spacial score (nSPS) is 29.0. The van der Waals surface area contributed by atoms with Crippen LogP contribution < -0.4 is 5.43 Å². The second-order valence-electron chi connectivity index (χ2n) is 5.12. The number of piperidine rings is 1. The predicted molar refractivity (Wildman–Crippen MR) is 67.5 cm³/mol. The molecule has 0 radical (unpaired) electrons. The number of hydrogen-bond donors (Lipinski definition) is 2. The molecular weight excluding hydrogens is 250 g/mol. The topological polar surface area (TPSA) is 82.1 Å². The zero-order chi connectivity index (χ0) is 13.8. The smallest absolute Gasteiger partial charge is 0.332 e. The Kier molecular flexibility index (Phi) is 4.60. The van der Waals surface area contributed by atoms with Crippen molar-refractivity contribution in [1.82, 2.24) is 15.3 Å². The highest BCUT2D eigenvalue weighted by molar-refractivity contribution is 5.75. The molecule has 2 saturated heterocycles. The van der Waals surface area contributed by atoms with E-state index in [1.165, 1.54) is 0 Å². The van der Waals surface area contributed by atoms with Crippen LogP contribution in [0.15, 0.2) is 0 Å². The van der Waals surface area contributed by atoms with Gasteiger partial charge in [-0.3, -0.25) is 10.2 Å². The molecule has 2 fully saturated rings. The summed E-state index contributed by atoms with van der Waals surface area (Å²) >= 11 is 0. The van der Waals surface area contributed by atoms with Gasteiger partial charge in [-0.1, -0.05) is 0 Å². The summed E-state index contributed by atoms with van der Waals surface area (Å²) in [5.41, 5.74) is 2.86. The SMILES string of the molecule is CC1CC(C(=O)O)CCN1C(=O)NN1CCOCC1. The molecule has 0 aromatic carbocycles. The minimum absolute atomic E-state index is 0.0455. The number of carboxylic acid groups (broad SMARTS) is 1. The van der Waals surface area contributed by atoms with E-state index in [2.05, 4.69) is 5.43 Å². The molecule has 0 saturated carbocycles. The van der Waals surface area contributed by atoms with Gasteiger partial charge in [-0.2, -0.15) is 0 Å². The van der Waals surface area contributed by atoms with Crippen molar-refractivity contribution < 1.29 is 19.4 Å². The Morgan fingerprint density at radius 3 is 2.53 bits per heavy atom. The highest BCUT2D eigenvalue weighted by Crippen LogP contribution is 2.22. The molecule has 2 aliphatic heterocycles. The lowest BCUT2D eigenvalue weighted by Gasteiger charge is -2.38. The van der Waals surface area contributed by atoms with E-state index in [1.807, 2.05) is 11.9 Å². The number of hydrazine groups is 1. The van der Waals surface area contributed by atoms with E-state index < -0.39 is 5.97 Å². The van der Waals surface area contributed by atoms with E-state index in [1.54, 1.807) is 4.90 Å². The molecule has 0 bridgehead atoms. The number of carbonyl (C=O) groups excluding carboxylic acids is 1. The molecule has 2 N–H and O–H groups in total. The molecule has 0 aromatic heterocycles. The number of aliphatic carboxylic acids is 1. The zero-order valence-corrected chi connectivity index (χ0v) is 11.2. The Bertz CT molecular complexity index is 344. The number of ether oxygens (including phenoxy) is 1. The van der Waals surface area contributed by atoms with Gasteiger partial charge in [0.25, 0.3) is 0 Å². The molecule has 7 nitrogen and oxygen atoms in total. The molecule has 2 aliphatic rings. The minimum Gasteiger partial charge on any atom is -0.481 e. The van der Waals surface area contributed by atoms with Crippen LogP contribution in [0.1, 0.15) is 19.8 Å². The van der Waals surface area contributed by atoms with Gasteiger partial charge in [-0.15, -0.1) is 0 Å². The van der Waals surface area contributed by atoms with Crippen LogP contribution in [0.5, 0.6) is 0 Å². The molecule has 7 heteroatoms. The number of amides is 2. The fourth-order valence-corrected chi connectivity index (χ4v) is 2.57. The average molecular weight is 271 g/mol. The number of likely N-dealkylation sites (tertiary alicyclic amines) is 1. The summed E-state index contributed by atoms with van der Waals surface area (Å²) in [7, 11) is 0. The Hall–Kier alpha value is -1.34. The summed E-state index contributed by atoms with van der Waals surface area (Å²) in [5, 5.41) is 10.8. The van der Waals surface area contributed by atoms with Crippen molar-refractivity contribution in [2.75, 3.05) is 32.8 Å². The first-order valence-electron chi connectivity index (χ1n) is 6.70. The van der Waals surface area contributed by atoms with E-state index in [0.717, 1.165) is 0 Å². The Morgan fingerprint density at radius 1 is 1.26 bits per heavy atom. The maximum absolute atomic E-state index is 12.1. The van der Waals surface area contributed by atoms with Crippen LogP contribution in [0.4, 0.5) is 4.79 Å². The van der Waals surface area contributed by atoms with Gasteiger partial charge in [-0.25, -0.2) is 9.80 Å². The van der Waals surface area contributed by atoms with Gasteiger partial charge in [0, 0.05) is 25.7 Å². The fourth-order valence-electron chi connectivity index (χ4n) is 2.57. The number of hydrogen-bond acceptors (Lipinski definition) is 4. The Morgan fingerprint density at radius 2 is 1.95 bits per heavy atom. The second kappa shape index (κ2) is 6.21. The van der Waals surface area contributed by atoms with Gasteiger partial charge in [-0.05, 0) is 19.8 Å². The zero-order valence-electron chi connectivity index (χ0n) is 11.2. The van der Waals surface area contributed by atoms with Crippen molar-refractivity contribution in [2.45, 2.75) is 25.8 Å². The third-order valence-electron chi connectivity index (χ3n) is 3.75. The summed E-state index contributed by atoms with van der Waals surface area (Å²) in [5.74, 6) is -1.09. The van der Waals surface area contributed by atoms with Gasteiger partial charge in [0.15, 0.2) is 0 Å². The molecule has 0 spiro atoms. The summed E-state index contributed by atoms with van der Waals surface area (Å²) < 4.78 is 5.22. The minimum atomic E-state index is -0.764. The molecule has 0 aromatic rings. The molecule has 19 heavy (non-hydrogen) atoms. The summed E-state index contributed by atoms with van der Waals surface area (Å²) in [6.07, 6.45) is 1.04. The Balaban J connectivity index is 1.84. The van der Waals surface area contributed by atoms with Crippen LogP contribution in [-0.4, -0.2) is 65.9 Å². The maximum Gasteiger partial charge on any atom is 0.332 e. The number of rotatable bonds is 2. The van der Waals surface area contributed by atoms with E-state index in [-0.39, 0.29) is 18.0 Å². The van der Waals surface area contributed by atoms with Crippen LogP contribution in [0.3, 0.4) is 0 Å². The standard InChI is InChI=1S/C12H21N3O4/c1-9-8-10(11(16)17)2-3-15(9)12(18)13-14-4-6-19-7-5-14/h9-10H,2-8H2,1H3,(H,13,18)(H,16,17). The molecule has 2 heterocycles. The average Bonchev–Trinajstić information content (AvgIpc) is 2.39. The van der Waals surface area contributed by atoms with Crippen LogP contribution in [0, 0.1) is 5.92 Å². The number of carboxylic acids is 1. The summed E-state index contributed by atoms with van der Waals surface area (Å²) in [6.45, 7) is 5.01. The van der Waals surface area contributed by atoms with E-state index in [4.69, 9.17) is 9.84 Å². The monoisotopic (exact) mass is 271 g/mol. The first-order chi connectivity index (χ1) is 9.08. The lowest BCUT2D eigenvalue weighted by molar-refractivity contribution is -0.143. The predicted octanol–water partition coefficient (Wildman–Crippen LogP) is 0.128. The number of nitrogens with zero attached hydrogens (tertiary/aromatic N) is 2. The van der Waals surface area contributed by atoms with Gasteiger partial charge in [0.1, 0.15) is 0 Å². The van der Waals surface area contributed by atoms with Crippen molar-refractivity contribution in [2.24, 2.45) is 5.92 Å². The fraction of sp³-hybridized carbons (Fsp3) is 0.833. The van der Waals surface area contributed by atoms with Crippen molar-refractivity contribution in [3.05, 3.63) is 0 Å². The number of carbonyl (C=O) groups is 2. The van der Waals surface area contributed by atoms with Crippen LogP contribution in [-0.2, 0) is 9.53 Å². The number of nitrogens with one attached hydrogen (secondary N) is 1. The second-order valence-corrected chi connectivity index (χ2v) is 5.12. The molecule has 2 atom stereocenters. The van der Waals surface area contributed by atoms with Gasteiger partial charge in [0.2, 0.25) is 0 Å². The molecular formula is C12H21N3O4. The van der Waals surface area contributed by atoms with Crippen molar-refractivity contribution in [1.29, 1.82) is 0 Å².